The molecule has 0 aromatic heterocycles. The van der Waals surface area contributed by atoms with Crippen molar-refractivity contribution in [2.75, 3.05) is 6.54 Å². The highest BCUT2D eigenvalue weighted by molar-refractivity contribution is 7.89. The maximum Gasteiger partial charge on any atom is 0.244 e. The van der Waals surface area contributed by atoms with Crippen molar-refractivity contribution in [1.29, 1.82) is 0 Å². The topological polar surface area (TPSA) is 95.9 Å². The second kappa shape index (κ2) is 11.1. The summed E-state index contributed by atoms with van der Waals surface area (Å²) in [6, 6.07) is 19.1. The van der Waals surface area contributed by atoms with E-state index in [4.69, 9.17) is 16.3 Å². The van der Waals surface area contributed by atoms with Gasteiger partial charge in [-0.2, -0.15) is 4.31 Å². The smallest absolute Gasteiger partial charge is 0.244 e. The largest absolute Gasteiger partial charge is 0.508 e. The number of carbonyl (C=O) groups excluding carboxylic acids is 1. The van der Waals surface area contributed by atoms with E-state index in [1.165, 1.54) is 28.6 Å². The number of amides is 1. The standard InChI is InChI=1S/C26H27ClN2O5S/c27-21-8-14-24(15-9-21)35(32,33)29(25-3-1-2-16-28-26(25)31)17-19-6-12-23(13-7-19)34-18-20-4-10-22(30)11-5-20/h4-15,25,30H,1-3,16-18H2,(H,28,31)/t25-/m1/s1. The molecule has 35 heavy (non-hydrogen) atoms. The number of benzene rings is 3. The summed E-state index contributed by atoms with van der Waals surface area (Å²) in [5.41, 5.74) is 1.64. The fourth-order valence-corrected chi connectivity index (χ4v) is 5.66. The van der Waals surface area contributed by atoms with Crippen LogP contribution in [0.25, 0.3) is 0 Å². The first-order chi connectivity index (χ1) is 16.8. The molecular formula is C26H27ClN2O5S. The number of halogens is 1. The Morgan fingerprint density at radius 3 is 2.29 bits per heavy atom. The van der Waals surface area contributed by atoms with E-state index in [9.17, 15) is 18.3 Å². The molecule has 1 fully saturated rings. The van der Waals surface area contributed by atoms with Gasteiger partial charge < -0.3 is 15.2 Å². The summed E-state index contributed by atoms with van der Waals surface area (Å²) in [6.07, 6.45) is 2.01. The highest BCUT2D eigenvalue weighted by atomic mass is 35.5. The van der Waals surface area contributed by atoms with Crippen molar-refractivity contribution >= 4 is 27.5 Å². The van der Waals surface area contributed by atoms with Gasteiger partial charge in [-0.1, -0.05) is 35.9 Å². The molecule has 0 aliphatic carbocycles. The predicted molar refractivity (Wildman–Crippen MR) is 134 cm³/mol. The van der Waals surface area contributed by atoms with Gasteiger partial charge in [0.15, 0.2) is 0 Å². The molecule has 1 aliphatic rings. The maximum absolute atomic E-state index is 13.6. The third kappa shape index (κ3) is 6.33. The van der Waals surface area contributed by atoms with Gasteiger partial charge in [0.25, 0.3) is 0 Å². The molecule has 1 saturated heterocycles. The SMILES string of the molecule is O=C1NCCCC[C@H]1N(Cc1ccc(OCc2ccc(O)cc2)cc1)S(=O)(=O)c1ccc(Cl)cc1. The summed E-state index contributed by atoms with van der Waals surface area (Å²) < 4.78 is 34.3. The minimum Gasteiger partial charge on any atom is -0.508 e. The Bertz CT molecular complexity index is 1250. The van der Waals surface area contributed by atoms with Crippen molar-refractivity contribution in [1.82, 2.24) is 9.62 Å². The Morgan fingerprint density at radius 2 is 1.60 bits per heavy atom. The quantitative estimate of drug-likeness (QED) is 0.462. The molecule has 9 heteroatoms. The number of nitrogens with one attached hydrogen (secondary N) is 1. The fraction of sp³-hybridized carbons (Fsp3) is 0.269. The summed E-state index contributed by atoms with van der Waals surface area (Å²) in [7, 11) is -3.96. The van der Waals surface area contributed by atoms with Gasteiger partial charge in [-0.15, -0.1) is 0 Å². The van der Waals surface area contributed by atoms with Crippen LogP contribution in [0.1, 0.15) is 30.4 Å². The van der Waals surface area contributed by atoms with Crippen molar-refractivity contribution in [3.8, 4) is 11.5 Å². The molecule has 4 rings (SSSR count). The van der Waals surface area contributed by atoms with E-state index in [0.29, 0.717) is 30.3 Å². The number of rotatable bonds is 8. The molecule has 1 aliphatic heterocycles. The number of hydrogen-bond donors (Lipinski definition) is 2. The zero-order valence-electron chi connectivity index (χ0n) is 19.1. The second-order valence-corrected chi connectivity index (χ2v) is 10.7. The molecule has 0 unspecified atom stereocenters. The van der Waals surface area contributed by atoms with Gasteiger partial charge in [0.05, 0.1) is 4.90 Å². The summed E-state index contributed by atoms with van der Waals surface area (Å²) in [5.74, 6) is 0.536. The Balaban J connectivity index is 1.55. The average molecular weight is 515 g/mol. The molecule has 0 bridgehead atoms. The van der Waals surface area contributed by atoms with Crippen LogP contribution >= 0.6 is 11.6 Å². The van der Waals surface area contributed by atoms with E-state index < -0.39 is 16.1 Å². The van der Waals surface area contributed by atoms with Crippen molar-refractivity contribution in [3.63, 3.8) is 0 Å². The number of hydrogen-bond acceptors (Lipinski definition) is 5. The second-order valence-electron chi connectivity index (χ2n) is 8.41. The monoisotopic (exact) mass is 514 g/mol. The average Bonchev–Trinajstić information content (AvgIpc) is 3.07. The van der Waals surface area contributed by atoms with E-state index in [0.717, 1.165) is 24.0 Å². The minimum absolute atomic E-state index is 0.0429. The van der Waals surface area contributed by atoms with Crippen molar-refractivity contribution in [2.45, 2.75) is 43.4 Å². The van der Waals surface area contributed by atoms with Crippen LogP contribution in [0.2, 0.25) is 5.02 Å². The molecule has 0 spiro atoms. The number of nitrogens with zero attached hydrogens (tertiary/aromatic N) is 1. The van der Waals surface area contributed by atoms with E-state index >= 15 is 0 Å². The van der Waals surface area contributed by atoms with E-state index in [-0.39, 0.29) is 23.1 Å². The fourth-order valence-electron chi connectivity index (χ4n) is 3.93. The van der Waals surface area contributed by atoms with Crippen LogP contribution in [0.4, 0.5) is 0 Å². The summed E-state index contributed by atoms with van der Waals surface area (Å²) in [6.45, 7) is 0.914. The normalized spacial score (nSPS) is 16.5. The Hall–Kier alpha value is -3.07. The molecule has 0 radical (unpaired) electrons. The van der Waals surface area contributed by atoms with E-state index in [2.05, 4.69) is 5.32 Å². The highest BCUT2D eigenvalue weighted by Gasteiger charge is 2.36. The molecule has 3 aromatic carbocycles. The lowest BCUT2D eigenvalue weighted by Gasteiger charge is -2.29. The van der Waals surface area contributed by atoms with Crippen LogP contribution in [-0.2, 0) is 28.0 Å². The van der Waals surface area contributed by atoms with Gasteiger partial charge in [0.2, 0.25) is 15.9 Å². The number of phenolic OH excluding ortho intramolecular Hbond substituents is 1. The van der Waals surface area contributed by atoms with Crippen LogP contribution in [0.3, 0.4) is 0 Å². The molecule has 7 nitrogen and oxygen atoms in total. The van der Waals surface area contributed by atoms with E-state index in [1.807, 2.05) is 0 Å². The highest BCUT2D eigenvalue weighted by Crippen LogP contribution is 2.26. The van der Waals surface area contributed by atoms with Crippen LogP contribution < -0.4 is 10.1 Å². The number of carbonyl (C=O) groups is 1. The van der Waals surface area contributed by atoms with Crippen molar-refractivity contribution in [2.24, 2.45) is 0 Å². The predicted octanol–water partition coefficient (Wildman–Crippen LogP) is 4.48. The van der Waals surface area contributed by atoms with Gasteiger partial charge in [-0.3, -0.25) is 4.79 Å². The first-order valence-electron chi connectivity index (χ1n) is 11.4. The third-order valence-corrected chi connectivity index (χ3v) is 8.00. The zero-order chi connectivity index (χ0) is 24.8. The minimum atomic E-state index is -3.96. The molecule has 0 saturated carbocycles. The molecule has 1 atom stereocenters. The van der Waals surface area contributed by atoms with Crippen molar-refractivity contribution in [3.05, 3.63) is 88.9 Å². The summed E-state index contributed by atoms with van der Waals surface area (Å²) in [5, 5.41) is 12.7. The lowest BCUT2D eigenvalue weighted by Crippen LogP contribution is -2.48. The number of phenols is 1. The van der Waals surface area contributed by atoms with Crippen LogP contribution in [-0.4, -0.2) is 36.3 Å². The summed E-state index contributed by atoms with van der Waals surface area (Å²) in [4.78, 5) is 12.9. The lowest BCUT2D eigenvalue weighted by molar-refractivity contribution is -0.124. The Labute approximate surface area is 210 Å². The van der Waals surface area contributed by atoms with Crippen LogP contribution in [0, 0.1) is 0 Å². The number of ether oxygens (including phenoxy) is 1. The van der Waals surface area contributed by atoms with Gasteiger partial charge in [0.1, 0.15) is 24.1 Å². The molecule has 1 amide bonds. The Kier molecular flexibility index (Phi) is 7.95. The van der Waals surface area contributed by atoms with Gasteiger partial charge >= 0.3 is 0 Å². The van der Waals surface area contributed by atoms with E-state index in [1.54, 1.807) is 48.5 Å². The molecule has 3 aromatic rings. The number of sulfonamides is 1. The van der Waals surface area contributed by atoms with Crippen LogP contribution in [0.15, 0.2) is 77.7 Å². The third-order valence-electron chi connectivity index (χ3n) is 5.88. The van der Waals surface area contributed by atoms with Gasteiger partial charge in [-0.25, -0.2) is 8.42 Å². The van der Waals surface area contributed by atoms with Crippen LogP contribution in [0.5, 0.6) is 11.5 Å². The van der Waals surface area contributed by atoms with Gasteiger partial charge in [0, 0.05) is 18.1 Å². The first kappa shape index (κ1) is 25.0. The summed E-state index contributed by atoms with van der Waals surface area (Å²) >= 11 is 5.96. The lowest BCUT2D eigenvalue weighted by atomic mass is 10.1. The molecule has 2 N–H and O–H groups in total. The number of aromatic hydroxyl groups is 1. The zero-order valence-corrected chi connectivity index (χ0v) is 20.6. The molecular weight excluding hydrogens is 488 g/mol. The maximum atomic E-state index is 13.6. The van der Waals surface area contributed by atoms with Crippen molar-refractivity contribution < 1.29 is 23.1 Å². The first-order valence-corrected chi connectivity index (χ1v) is 13.2. The molecule has 1 heterocycles. The Morgan fingerprint density at radius 1 is 0.943 bits per heavy atom. The van der Waals surface area contributed by atoms with Gasteiger partial charge in [-0.05, 0) is 78.9 Å². The molecule has 184 valence electrons.